The van der Waals surface area contributed by atoms with Crippen LogP contribution in [0.2, 0.25) is 0 Å². The summed E-state index contributed by atoms with van der Waals surface area (Å²) in [6, 6.07) is 12.9. The minimum absolute atomic E-state index is 0. The Morgan fingerprint density at radius 2 is 1.68 bits per heavy atom. The number of hydrogen-bond acceptors (Lipinski definition) is 3. The van der Waals surface area contributed by atoms with Crippen LogP contribution in [0.3, 0.4) is 0 Å². The van der Waals surface area contributed by atoms with Crippen molar-refractivity contribution in [3.63, 3.8) is 0 Å². The average molecular weight is 309 g/mol. The molecule has 0 bridgehead atoms. The number of aryl methyl sites for hydroxylation is 1. The van der Waals surface area contributed by atoms with Crippen LogP contribution in [0.1, 0.15) is 23.8 Å². The van der Waals surface area contributed by atoms with E-state index in [9.17, 15) is 14.7 Å². The van der Waals surface area contributed by atoms with E-state index in [1.807, 2.05) is 0 Å². The van der Waals surface area contributed by atoms with Gasteiger partial charge >= 0.3 is 35.5 Å². The van der Waals surface area contributed by atoms with Gasteiger partial charge in [-0.05, 0) is 36.2 Å². The second-order valence-electron chi connectivity index (χ2n) is 4.57. The van der Waals surface area contributed by atoms with Crippen molar-refractivity contribution in [1.82, 2.24) is 0 Å². The Morgan fingerprint density at radius 1 is 1.05 bits per heavy atom. The van der Waals surface area contributed by atoms with Gasteiger partial charge in [0.25, 0.3) is 0 Å². The van der Waals surface area contributed by atoms with Crippen molar-refractivity contribution in [3.8, 4) is 5.75 Å². The number of amides is 1. The van der Waals surface area contributed by atoms with Crippen molar-refractivity contribution in [1.29, 1.82) is 0 Å². The zero-order chi connectivity index (χ0) is 15.2. The number of phenolic OH excluding ortho intramolecular Hbond substituents is 1. The first kappa shape index (κ1) is 18.2. The SMILES string of the molecule is O=C(CCc1ccc(O)cc1)Nc1ccccc1C(=O)O.[H-].[Na+]. The average Bonchev–Trinajstić information content (AvgIpc) is 2.47. The van der Waals surface area contributed by atoms with E-state index in [4.69, 9.17) is 5.11 Å². The number of carbonyl (C=O) groups excluding carboxylic acids is 1. The van der Waals surface area contributed by atoms with Gasteiger partial charge in [0.1, 0.15) is 5.75 Å². The number of anilines is 1. The van der Waals surface area contributed by atoms with Crippen LogP contribution in [0.5, 0.6) is 5.75 Å². The smallest absolute Gasteiger partial charge is 1.00 e. The Hall–Kier alpha value is -1.82. The van der Waals surface area contributed by atoms with Crippen LogP contribution in [-0.2, 0) is 11.2 Å². The van der Waals surface area contributed by atoms with Gasteiger partial charge in [-0.1, -0.05) is 24.3 Å². The maximum Gasteiger partial charge on any atom is 1.00 e. The predicted octanol–water partition coefficient (Wildman–Crippen LogP) is -0.222. The molecule has 0 saturated heterocycles. The molecule has 2 rings (SSSR count). The molecular formula is C16H16NNaO4. The Kier molecular flexibility index (Phi) is 7.11. The molecule has 6 heteroatoms. The molecule has 22 heavy (non-hydrogen) atoms. The maximum absolute atomic E-state index is 11.9. The van der Waals surface area contributed by atoms with Crippen LogP contribution in [0.15, 0.2) is 48.5 Å². The number of phenols is 1. The summed E-state index contributed by atoms with van der Waals surface area (Å²) in [6.45, 7) is 0. The predicted molar refractivity (Wildman–Crippen MR) is 79.6 cm³/mol. The molecule has 2 aromatic carbocycles. The second-order valence-corrected chi connectivity index (χ2v) is 4.57. The third kappa shape index (κ3) is 5.18. The summed E-state index contributed by atoms with van der Waals surface area (Å²) in [5.74, 6) is -1.15. The number of carboxylic acid groups (broad SMARTS) is 1. The summed E-state index contributed by atoms with van der Waals surface area (Å²) in [5, 5.41) is 20.8. The van der Waals surface area contributed by atoms with Gasteiger partial charge in [0, 0.05) is 6.42 Å². The minimum Gasteiger partial charge on any atom is -1.00 e. The number of carboxylic acids is 1. The number of carbonyl (C=O) groups is 2. The van der Waals surface area contributed by atoms with Crippen molar-refractivity contribution >= 4 is 17.6 Å². The van der Waals surface area contributed by atoms with E-state index in [-0.39, 0.29) is 54.6 Å². The van der Waals surface area contributed by atoms with Crippen LogP contribution in [0, 0.1) is 0 Å². The summed E-state index contributed by atoms with van der Waals surface area (Å²) in [7, 11) is 0. The molecule has 0 radical (unpaired) electrons. The molecule has 0 heterocycles. The normalized spacial score (nSPS) is 9.64. The third-order valence-electron chi connectivity index (χ3n) is 3.01. The Morgan fingerprint density at radius 3 is 2.32 bits per heavy atom. The van der Waals surface area contributed by atoms with Gasteiger partial charge in [0.15, 0.2) is 0 Å². The molecule has 110 valence electrons. The molecule has 0 atom stereocenters. The molecule has 5 nitrogen and oxygen atoms in total. The fraction of sp³-hybridized carbons (Fsp3) is 0.125. The number of aromatic hydroxyl groups is 1. The first-order valence-electron chi connectivity index (χ1n) is 6.46. The number of aromatic carboxylic acids is 1. The maximum atomic E-state index is 11.9. The van der Waals surface area contributed by atoms with Gasteiger partial charge in [-0.25, -0.2) is 4.79 Å². The van der Waals surface area contributed by atoms with E-state index >= 15 is 0 Å². The van der Waals surface area contributed by atoms with Crippen LogP contribution in [0.4, 0.5) is 5.69 Å². The quantitative estimate of drug-likeness (QED) is 0.666. The molecule has 2 aromatic rings. The van der Waals surface area contributed by atoms with E-state index in [2.05, 4.69) is 5.32 Å². The van der Waals surface area contributed by atoms with Crippen molar-refractivity contribution in [2.24, 2.45) is 0 Å². The summed E-state index contributed by atoms with van der Waals surface area (Å²) in [4.78, 5) is 22.9. The molecule has 0 aliphatic carbocycles. The molecule has 0 aromatic heterocycles. The summed E-state index contributed by atoms with van der Waals surface area (Å²) >= 11 is 0. The summed E-state index contributed by atoms with van der Waals surface area (Å²) in [5.41, 5.74) is 1.28. The number of benzene rings is 2. The topological polar surface area (TPSA) is 86.6 Å². The minimum atomic E-state index is -1.08. The van der Waals surface area contributed by atoms with Crippen LogP contribution in [-0.4, -0.2) is 22.1 Å². The van der Waals surface area contributed by atoms with Gasteiger partial charge in [0.2, 0.25) is 5.91 Å². The fourth-order valence-electron chi connectivity index (χ4n) is 1.91. The Bertz CT molecular complexity index is 661. The van der Waals surface area contributed by atoms with Crippen molar-refractivity contribution in [2.75, 3.05) is 5.32 Å². The molecule has 3 N–H and O–H groups in total. The van der Waals surface area contributed by atoms with Crippen LogP contribution in [0.25, 0.3) is 0 Å². The Balaban J connectivity index is 0.00000242. The zero-order valence-electron chi connectivity index (χ0n) is 13.2. The molecule has 0 fully saturated rings. The standard InChI is InChI=1S/C16H15NO4.Na.H/c18-12-8-5-11(6-9-12)7-10-15(19)17-14-4-2-1-3-13(14)16(20)21;;/h1-6,8-9,18H,7,10H2,(H,17,19)(H,20,21);;/q;+1;-1. The van der Waals surface area contributed by atoms with E-state index in [0.29, 0.717) is 12.1 Å². The second kappa shape index (κ2) is 8.58. The molecule has 0 aliphatic heterocycles. The van der Waals surface area contributed by atoms with E-state index in [1.165, 1.54) is 6.07 Å². The summed E-state index contributed by atoms with van der Waals surface area (Å²) in [6.07, 6.45) is 0.750. The third-order valence-corrected chi connectivity index (χ3v) is 3.01. The van der Waals surface area contributed by atoms with Gasteiger partial charge in [-0.15, -0.1) is 0 Å². The molecule has 0 spiro atoms. The fourth-order valence-corrected chi connectivity index (χ4v) is 1.91. The van der Waals surface area contributed by atoms with Crippen molar-refractivity contribution in [3.05, 3.63) is 59.7 Å². The van der Waals surface area contributed by atoms with Gasteiger partial charge in [-0.3, -0.25) is 4.79 Å². The molecule has 1 amide bonds. The molecule has 0 saturated carbocycles. The van der Waals surface area contributed by atoms with Gasteiger partial charge in [0.05, 0.1) is 11.3 Å². The Labute approximate surface area is 151 Å². The largest absolute Gasteiger partial charge is 1.00 e. The first-order valence-corrected chi connectivity index (χ1v) is 6.46. The summed E-state index contributed by atoms with van der Waals surface area (Å²) < 4.78 is 0. The molecular weight excluding hydrogens is 293 g/mol. The van der Waals surface area contributed by atoms with Gasteiger partial charge in [-0.2, -0.15) is 0 Å². The molecule has 0 aliphatic rings. The van der Waals surface area contributed by atoms with E-state index in [1.54, 1.807) is 42.5 Å². The van der Waals surface area contributed by atoms with Crippen molar-refractivity contribution in [2.45, 2.75) is 12.8 Å². The monoisotopic (exact) mass is 309 g/mol. The van der Waals surface area contributed by atoms with Crippen molar-refractivity contribution < 1.29 is 50.8 Å². The zero-order valence-corrected chi connectivity index (χ0v) is 14.2. The molecule has 0 unspecified atom stereocenters. The first-order chi connectivity index (χ1) is 10.1. The van der Waals surface area contributed by atoms with E-state index in [0.717, 1.165) is 5.56 Å². The number of rotatable bonds is 5. The number of para-hydroxylation sites is 1. The van der Waals surface area contributed by atoms with Gasteiger partial charge < -0.3 is 17.0 Å². The number of nitrogens with one attached hydrogen (secondary N) is 1. The van der Waals surface area contributed by atoms with Crippen LogP contribution >= 0.6 is 0 Å². The van der Waals surface area contributed by atoms with E-state index < -0.39 is 5.97 Å². The van der Waals surface area contributed by atoms with Crippen LogP contribution < -0.4 is 34.9 Å². The number of hydrogen-bond donors (Lipinski definition) is 3.